The van der Waals surface area contributed by atoms with E-state index in [2.05, 4.69) is 19.1 Å². The first-order valence-corrected chi connectivity index (χ1v) is 16.2. The highest BCUT2D eigenvalue weighted by atomic mass is 16.4. The summed E-state index contributed by atoms with van der Waals surface area (Å²) in [4.78, 5) is 34.7. The van der Waals surface area contributed by atoms with Gasteiger partial charge in [-0.3, -0.25) is 9.59 Å². The molecule has 0 aromatic carbocycles. The molecule has 0 aromatic rings. The molecule has 0 radical (unpaired) electrons. The Morgan fingerprint density at radius 2 is 0.950 bits per heavy atom. The summed E-state index contributed by atoms with van der Waals surface area (Å²) in [5.41, 5.74) is 0. The topological polar surface area (TPSA) is 115 Å². The molecule has 0 saturated heterocycles. The third-order valence-electron chi connectivity index (χ3n) is 8.12. The van der Waals surface area contributed by atoms with E-state index < -0.39 is 35.7 Å². The van der Waals surface area contributed by atoms with Crippen molar-refractivity contribution in [2.45, 2.75) is 137 Å². The quantitative estimate of drug-likeness (QED) is 0.0608. The number of hydrogen-bond acceptors (Lipinski definition) is 4. The lowest BCUT2D eigenvalue weighted by molar-refractivity contribution is -0.934. The monoisotopic (exact) mass is 567 g/mol. The third-order valence-corrected chi connectivity index (χ3v) is 8.12. The molecule has 40 heavy (non-hydrogen) atoms. The number of unbranched alkanes of at least 4 members (excludes halogenated alkanes) is 15. The SMILES string of the molecule is CCCCCCCC/C=C/CCCCCCCCCCC[N+](CC(C)C(=O)[O-])(CC(C)C(=O)O)CC(C)C(=O)O. The second-order valence-corrected chi connectivity index (χ2v) is 12.3. The second kappa shape index (κ2) is 23.8. The van der Waals surface area contributed by atoms with Crippen molar-refractivity contribution >= 4 is 17.9 Å². The highest BCUT2D eigenvalue weighted by molar-refractivity contribution is 5.70. The maximum absolute atomic E-state index is 11.6. The fourth-order valence-electron chi connectivity index (χ4n) is 5.70. The van der Waals surface area contributed by atoms with Crippen molar-refractivity contribution in [3.05, 3.63) is 12.2 Å². The maximum Gasteiger partial charge on any atom is 0.311 e. The van der Waals surface area contributed by atoms with Crippen LogP contribution in [0.2, 0.25) is 0 Å². The summed E-state index contributed by atoms with van der Waals surface area (Å²) in [5.74, 6) is -5.24. The predicted octanol–water partition coefficient (Wildman–Crippen LogP) is 6.84. The maximum atomic E-state index is 11.6. The second-order valence-electron chi connectivity index (χ2n) is 12.3. The Labute approximate surface area is 245 Å². The Balaban J connectivity index is 4.32. The Hall–Kier alpha value is -1.89. The van der Waals surface area contributed by atoms with E-state index in [9.17, 15) is 29.7 Å². The zero-order valence-corrected chi connectivity index (χ0v) is 26.2. The molecule has 0 heterocycles. The molecule has 0 bridgehead atoms. The van der Waals surface area contributed by atoms with E-state index in [0.717, 1.165) is 25.7 Å². The van der Waals surface area contributed by atoms with Crippen LogP contribution in [0.5, 0.6) is 0 Å². The van der Waals surface area contributed by atoms with Crippen molar-refractivity contribution in [2.24, 2.45) is 17.8 Å². The van der Waals surface area contributed by atoms with Gasteiger partial charge in [0.15, 0.2) is 0 Å². The Morgan fingerprint density at radius 1 is 0.600 bits per heavy atom. The molecule has 0 aliphatic rings. The summed E-state index contributed by atoms with van der Waals surface area (Å²) in [6, 6.07) is 0. The first-order valence-electron chi connectivity index (χ1n) is 16.2. The molecule has 0 amide bonds. The van der Waals surface area contributed by atoms with E-state index in [1.807, 2.05) is 0 Å². The van der Waals surface area contributed by atoms with Crippen LogP contribution in [-0.4, -0.2) is 58.8 Å². The van der Waals surface area contributed by atoms with Gasteiger partial charge in [-0.15, -0.1) is 0 Å². The molecule has 0 saturated carbocycles. The van der Waals surface area contributed by atoms with Crippen LogP contribution in [-0.2, 0) is 14.4 Å². The Kier molecular flexibility index (Phi) is 22.7. The van der Waals surface area contributed by atoms with Gasteiger partial charge >= 0.3 is 11.9 Å². The summed E-state index contributed by atoms with van der Waals surface area (Å²) in [6.07, 6.45) is 25.6. The zero-order chi connectivity index (χ0) is 30.2. The van der Waals surface area contributed by atoms with Crippen LogP contribution < -0.4 is 5.11 Å². The number of aliphatic carboxylic acids is 3. The molecule has 0 spiro atoms. The van der Waals surface area contributed by atoms with Crippen LogP contribution >= 0.6 is 0 Å². The number of quaternary nitrogens is 1. The van der Waals surface area contributed by atoms with E-state index in [-0.39, 0.29) is 24.1 Å². The van der Waals surface area contributed by atoms with Crippen molar-refractivity contribution in [2.75, 3.05) is 26.2 Å². The lowest BCUT2D eigenvalue weighted by Crippen LogP contribution is -2.58. The number of allylic oxidation sites excluding steroid dienone is 2. The van der Waals surface area contributed by atoms with Gasteiger partial charge in [0.1, 0.15) is 11.8 Å². The molecule has 234 valence electrons. The summed E-state index contributed by atoms with van der Waals surface area (Å²) in [7, 11) is 0. The van der Waals surface area contributed by atoms with Crippen molar-refractivity contribution in [3.63, 3.8) is 0 Å². The van der Waals surface area contributed by atoms with Gasteiger partial charge in [0, 0.05) is 11.9 Å². The van der Waals surface area contributed by atoms with Gasteiger partial charge in [-0.2, -0.15) is 0 Å². The summed E-state index contributed by atoms with van der Waals surface area (Å²) >= 11 is 0. The molecule has 2 N–H and O–H groups in total. The molecule has 7 heteroatoms. The largest absolute Gasteiger partial charge is 0.550 e. The number of carboxylic acids is 3. The van der Waals surface area contributed by atoms with E-state index in [1.165, 1.54) is 83.5 Å². The minimum absolute atomic E-state index is 0.184. The molecule has 3 unspecified atom stereocenters. The van der Waals surface area contributed by atoms with Crippen LogP contribution in [0.1, 0.15) is 137 Å². The summed E-state index contributed by atoms with van der Waals surface area (Å²) < 4.78 is 0.184. The first-order chi connectivity index (χ1) is 19.0. The van der Waals surface area contributed by atoms with Gasteiger partial charge in [0.25, 0.3) is 0 Å². The van der Waals surface area contributed by atoms with E-state index in [0.29, 0.717) is 6.54 Å². The van der Waals surface area contributed by atoms with Crippen LogP contribution in [0.25, 0.3) is 0 Å². The van der Waals surface area contributed by atoms with Crippen molar-refractivity contribution in [1.82, 2.24) is 0 Å². The van der Waals surface area contributed by atoms with Gasteiger partial charge in [0.05, 0.1) is 26.2 Å². The fraction of sp³-hybridized carbons (Fsp3) is 0.848. The van der Waals surface area contributed by atoms with Crippen LogP contribution in [0.3, 0.4) is 0 Å². The van der Waals surface area contributed by atoms with E-state index in [1.54, 1.807) is 20.8 Å². The van der Waals surface area contributed by atoms with Crippen molar-refractivity contribution in [1.29, 1.82) is 0 Å². The lowest BCUT2D eigenvalue weighted by Gasteiger charge is -2.43. The summed E-state index contributed by atoms with van der Waals surface area (Å²) in [5, 5.41) is 30.5. The number of carbonyl (C=O) groups excluding carboxylic acids is 1. The smallest absolute Gasteiger partial charge is 0.311 e. The average Bonchev–Trinajstić information content (AvgIpc) is 2.89. The number of hydrogen-bond donors (Lipinski definition) is 2. The van der Waals surface area contributed by atoms with Crippen LogP contribution in [0, 0.1) is 17.8 Å². The number of carboxylic acid groups (broad SMARTS) is 3. The molecular formula is C33H61NO6. The third kappa shape index (κ3) is 20.1. The van der Waals surface area contributed by atoms with Gasteiger partial charge < -0.3 is 24.6 Å². The van der Waals surface area contributed by atoms with Crippen LogP contribution in [0.15, 0.2) is 12.2 Å². The normalized spacial score (nSPS) is 15.5. The molecule has 0 aliphatic carbocycles. The van der Waals surface area contributed by atoms with Crippen molar-refractivity contribution in [3.8, 4) is 0 Å². The van der Waals surface area contributed by atoms with Gasteiger partial charge in [-0.05, 0) is 52.4 Å². The average molecular weight is 568 g/mol. The molecule has 0 aromatic heterocycles. The number of rotatable bonds is 28. The standard InChI is InChI=1S/C33H61NO6/c1-5-6-7-8-9-10-11-12-13-14-15-16-17-18-19-20-21-22-23-24-34(25-28(2)31(35)36,26-29(3)32(37)38)27-30(4)33(39)40/h12-13,28-30H,5-11,14-27H2,1-4H3,(H2-,35,36,37,38,39,40)/b13-12+. The highest BCUT2D eigenvalue weighted by Gasteiger charge is 2.36. The number of carbonyl (C=O) groups is 3. The molecule has 0 aliphatic heterocycles. The van der Waals surface area contributed by atoms with Gasteiger partial charge in [-0.1, -0.05) is 96.6 Å². The zero-order valence-electron chi connectivity index (χ0n) is 26.2. The first kappa shape index (κ1) is 38.1. The molecule has 0 fully saturated rings. The molecule has 3 atom stereocenters. The molecule has 7 nitrogen and oxygen atoms in total. The van der Waals surface area contributed by atoms with Gasteiger partial charge in [0.2, 0.25) is 0 Å². The van der Waals surface area contributed by atoms with E-state index in [4.69, 9.17) is 0 Å². The fourth-order valence-corrected chi connectivity index (χ4v) is 5.70. The Morgan fingerprint density at radius 3 is 1.32 bits per heavy atom. The van der Waals surface area contributed by atoms with Crippen LogP contribution in [0.4, 0.5) is 0 Å². The highest BCUT2D eigenvalue weighted by Crippen LogP contribution is 2.22. The minimum atomic E-state index is -1.18. The molecular weight excluding hydrogens is 506 g/mol. The number of nitrogens with zero attached hydrogens (tertiary/aromatic N) is 1. The van der Waals surface area contributed by atoms with E-state index >= 15 is 0 Å². The minimum Gasteiger partial charge on any atom is -0.550 e. The van der Waals surface area contributed by atoms with Gasteiger partial charge in [-0.25, -0.2) is 0 Å². The van der Waals surface area contributed by atoms with Crippen molar-refractivity contribution < 1.29 is 34.2 Å². The predicted molar refractivity (Wildman–Crippen MR) is 161 cm³/mol. The Bertz CT molecular complexity index is 652. The summed E-state index contributed by atoms with van der Waals surface area (Å²) in [6.45, 7) is 8.24. The molecule has 0 rings (SSSR count). The lowest BCUT2D eigenvalue weighted by atomic mass is 10.00.